The van der Waals surface area contributed by atoms with Crippen LogP contribution in [-0.2, 0) is 9.53 Å². The Hall–Kier alpha value is -3.28. The minimum Gasteiger partial charge on any atom is -0.350 e. The Labute approximate surface area is 250 Å². The zero-order valence-electron chi connectivity index (χ0n) is 21.7. The van der Waals surface area contributed by atoms with Gasteiger partial charge in [-0.2, -0.15) is 10.5 Å². The lowest BCUT2D eigenvalue weighted by Crippen LogP contribution is -2.42. The molecule has 2 aromatic rings. The molecule has 0 radical (unpaired) electrons. The van der Waals surface area contributed by atoms with Crippen LogP contribution in [0, 0.1) is 34.3 Å². The zero-order valence-corrected chi connectivity index (χ0v) is 24.0. The largest absolute Gasteiger partial charge is 0.350 e. The van der Waals surface area contributed by atoms with E-state index in [1.165, 1.54) is 36.4 Å². The highest BCUT2D eigenvalue weighted by molar-refractivity contribution is 6.31. The van der Waals surface area contributed by atoms with Crippen LogP contribution in [0.4, 0.5) is 8.78 Å². The maximum atomic E-state index is 13.1. The van der Waals surface area contributed by atoms with Gasteiger partial charge in [0.2, 0.25) is 0 Å². The van der Waals surface area contributed by atoms with Gasteiger partial charge in [0.25, 0.3) is 11.8 Å². The van der Waals surface area contributed by atoms with Gasteiger partial charge in [-0.15, -0.1) is 11.6 Å². The SMILES string of the molecule is N#CC1OC12CCN(C(=O)c1ccc(F)c(Cl)c1)CC2.N#CCCl.O=C1CCN(C(=O)c2ccc(F)c(Cl)c2)CC1. The van der Waals surface area contributed by atoms with E-state index in [9.17, 15) is 23.2 Å². The fourth-order valence-corrected chi connectivity index (χ4v) is 4.76. The molecule has 3 heterocycles. The molecule has 0 bridgehead atoms. The van der Waals surface area contributed by atoms with Gasteiger partial charge in [-0.3, -0.25) is 14.4 Å². The summed E-state index contributed by atoms with van der Waals surface area (Å²) in [4.78, 5) is 38.6. The Bertz CT molecular complexity index is 1380. The number of rotatable bonds is 2. The maximum absolute atomic E-state index is 13.1. The second-order valence-electron chi connectivity index (χ2n) is 9.36. The lowest BCUT2D eigenvalue weighted by atomic mass is 9.93. The molecule has 5 rings (SSSR count). The average molecular weight is 626 g/mol. The van der Waals surface area contributed by atoms with E-state index in [-0.39, 0.29) is 45.2 Å². The van der Waals surface area contributed by atoms with E-state index in [1.807, 2.05) is 0 Å². The summed E-state index contributed by atoms with van der Waals surface area (Å²) in [5.41, 5.74) is 0.387. The molecule has 3 fully saturated rings. The molecule has 0 N–H and O–H groups in total. The number of nitrogens with zero attached hydrogens (tertiary/aromatic N) is 4. The van der Waals surface area contributed by atoms with E-state index in [4.69, 9.17) is 50.1 Å². The van der Waals surface area contributed by atoms with Crippen molar-refractivity contribution in [2.45, 2.75) is 37.4 Å². The maximum Gasteiger partial charge on any atom is 0.253 e. The van der Waals surface area contributed by atoms with Crippen molar-refractivity contribution in [1.29, 1.82) is 10.5 Å². The minimum atomic E-state index is -0.544. The number of ketones is 1. The lowest BCUT2D eigenvalue weighted by molar-refractivity contribution is -0.120. The molecule has 13 heteroatoms. The highest BCUT2D eigenvalue weighted by atomic mass is 35.5. The third-order valence-corrected chi connectivity index (χ3v) is 7.49. The van der Waals surface area contributed by atoms with Crippen molar-refractivity contribution in [3.63, 3.8) is 0 Å². The van der Waals surface area contributed by atoms with Crippen molar-refractivity contribution in [1.82, 2.24) is 9.80 Å². The van der Waals surface area contributed by atoms with Gasteiger partial charge < -0.3 is 14.5 Å². The summed E-state index contributed by atoms with van der Waals surface area (Å²) < 4.78 is 31.4. The number of Topliss-reactive ketones (excluding diaryl/α,β-unsaturated/α-hetero) is 1. The standard InChI is InChI=1S/C14H12ClFN2O2.C12H11ClFNO2.C2H2ClN/c15-10-7-9(1-2-11(10)16)13(19)18-5-3-14(4-6-18)12(8-17)20-14;13-10-7-8(1-2-11(10)14)12(17)15-5-3-9(16)4-6-15;3-1-2-4/h1-2,7,12H,3-6H2;1-2,7H,3-6H2;1H2. The minimum absolute atomic E-state index is 0.0561. The molecule has 0 aliphatic carbocycles. The summed E-state index contributed by atoms with van der Waals surface area (Å²) in [6.07, 6.45) is 1.76. The normalized spacial score (nSPS) is 18.6. The van der Waals surface area contributed by atoms with Crippen LogP contribution < -0.4 is 0 Å². The van der Waals surface area contributed by atoms with Crippen LogP contribution in [0.15, 0.2) is 36.4 Å². The summed E-state index contributed by atoms with van der Waals surface area (Å²) in [5, 5.41) is 16.2. The summed E-state index contributed by atoms with van der Waals surface area (Å²) in [7, 11) is 0. The van der Waals surface area contributed by atoms with E-state index in [0.717, 1.165) is 0 Å². The van der Waals surface area contributed by atoms with Gasteiger partial charge in [0.15, 0.2) is 6.10 Å². The molecule has 41 heavy (non-hydrogen) atoms. The number of benzene rings is 2. The van der Waals surface area contributed by atoms with Crippen molar-refractivity contribution < 1.29 is 27.9 Å². The molecule has 8 nitrogen and oxygen atoms in total. The molecule has 2 aromatic carbocycles. The zero-order chi connectivity index (χ0) is 30.2. The summed E-state index contributed by atoms with van der Waals surface area (Å²) in [6.45, 7) is 1.91. The van der Waals surface area contributed by atoms with Crippen LogP contribution in [0.3, 0.4) is 0 Å². The van der Waals surface area contributed by atoms with Gasteiger partial charge >= 0.3 is 0 Å². The molecule has 0 saturated carbocycles. The number of likely N-dealkylation sites (tertiary alicyclic amines) is 2. The number of epoxide rings is 1. The predicted molar refractivity (Wildman–Crippen MR) is 148 cm³/mol. The van der Waals surface area contributed by atoms with Crippen molar-refractivity contribution in [3.8, 4) is 12.1 Å². The molecule has 216 valence electrons. The first-order chi connectivity index (χ1) is 19.5. The van der Waals surface area contributed by atoms with E-state index in [0.29, 0.717) is 63.0 Å². The van der Waals surface area contributed by atoms with Gasteiger partial charge in [-0.05, 0) is 49.2 Å². The Morgan fingerprint density at radius 3 is 1.71 bits per heavy atom. The average Bonchev–Trinajstić information content (AvgIpc) is 3.68. The van der Waals surface area contributed by atoms with Gasteiger partial charge in [0, 0.05) is 50.1 Å². The lowest BCUT2D eigenvalue weighted by Gasteiger charge is -2.30. The topological polar surface area (TPSA) is 118 Å². The van der Waals surface area contributed by atoms with Crippen molar-refractivity contribution in [2.24, 2.45) is 0 Å². The number of amides is 2. The second-order valence-corrected chi connectivity index (χ2v) is 10.4. The van der Waals surface area contributed by atoms with E-state index < -0.39 is 11.6 Å². The smallest absolute Gasteiger partial charge is 0.253 e. The number of carbonyl (C=O) groups is 3. The van der Waals surface area contributed by atoms with Crippen LogP contribution in [0.1, 0.15) is 46.4 Å². The molecule has 2 amide bonds. The van der Waals surface area contributed by atoms with Gasteiger partial charge in [-0.25, -0.2) is 8.78 Å². The molecule has 3 aliphatic heterocycles. The van der Waals surface area contributed by atoms with Crippen LogP contribution in [0.5, 0.6) is 0 Å². The Balaban J connectivity index is 0.000000202. The fraction of sp³-hybridized carbons (Fsp3) is 0.393. The molecule has 1 atom stereocenters. The van der Waals surface area contributed by atoms with Crippen molar-refractivity contribution in [2.75, 3.05) is 32.1 Å². The first-order valence-electron chi connectivity index (χ1n) is 12.6. The molecule has 3 saturated heterocycles. The molecular formula is C28H25Cl3F2N4O4. The number of carbonyl (C=O) groups excluding carboxylic acids is 3. The summed E-state index contributed by atoms with van der Waals surface area (Å²) in [6, 6.07) is 11.7. The molecular weight excluding hydrogens is 601 g/mol. The Morgan fingerprint density at radius 2 is 1.34 bits per heavy atom. The van der Waals surface area contributed by atoms with Gasteiger partial charge in [-0.1, -0.05) is 23.2 Å². The second kappa shape index (κ2) is 14.6. The molecule has 3 aliphatic rings. The van der Waals surface area contributed by atoms with Crippen LogP contribution in [0.2, 0.25) is 10.0 Å². The monoisotopic (exact) mass is 624 g/mol. The first kappa shape index (κ1) is 32.2. The van der Waals surface area contributed by atoms with E-state index in [2.05, 4.69) is 6.07 Å². The van der Waals surface area contributed by atoms with Gasteiger partial charge in [0.05, 0.1) is 22.2 Å². The quantitative estimate of drug-likeness (QED) is 0.325. The number of alkyl halides is 1. The van der Waals surface area contributed by atoms with E-state index >= 15 is 0 Å². The third-order valence-electron chi connectivity index (χ3n) is 6.79. The number of halogens is 5. The molecule has 1 spiro atoms. The predicted octanol–water partition coefficient (Wildman–Crippen LogP) is 5.41. The number of ether oxygens (including phenoxy) is 1. The van der Waals surface area contributed by atoms with Gasteiger partial charge in [0.1, 0.15) is 28.9 Å². The van der Waals surface area contributed by atoms with E-state index in [1.54, 1.807) is 15.9 Å². The van der Waals surface area contributed by atoms with Crippen molar-refractivity contribution in [3.05, 3.63) is 69.2 Å². The fourth-order valence-electron chi connectivity index (χ4n) is 4.40. The summed E-state index contributed by atoms with van der Waals surface area (Å²) in [5.74, 6) is -1.19. The Kier molecular flexibility index (Phi) is 11.5. The number of hydrogen-bond donors (Lipinski definition) is 0. The Morgan fingerprint density at radius 1 is 0.902 bits per heavy atom. The first-order valence-corrected chi connectivity index (χ1v) is 13.8. The summed E-state index contributed by atoms with van der Waals surface area (Å²) >= 11 is 16.1. The van der Waals surface area contributed by atoms with Crippen LogP contribution >= 0.6 is 34.8 Å². The molecule has 1 unspecified atom stereocenters. The van der Waals surface area contributed by atoms with Crippen molar-refractivity contribution >= 4 is 52.4 Å². The third kappa shape index (κ3) is 8.37. The number of piperidine rings is 2. The van der Waals surface area contributed by atoms with Crippen LogP contribution in [0.25, 0.3) is 0 Å². The molecule has 0 aromatic heterocycles. The number of hydrogen-bond acceptors (Lipinski definition) is 6. The highest BCUT2D eigenvalue weighted by Gasteiger charge is 2.58. The number of nitriles is 2. The highest BCUT2D eigenvalue weighted by Crippen LogP contribution is 2.45. The van der Waals surface area contributed by atoms with Crippen LogP contribution in [-0.4, -0.2) is 71.2 Å².